The fourth-order valence-corrected chi connectivity index (χ4v) is 4.78. The van der Waals surface area contributed by atoms with Crippen LogP contribution in [0.5, 0.6) is 0 Å². The van der Waals surface area contributed by atoms with E-state index < -0.39 is 0 Å². The Kier molecular flexibility index (Phi) is 8.09. The highest BCUT2D eigenvalue weighted by Crippen LogP contribution is 2.24. The van der Waals surface area contributed by atoms with Crippen LogP contribution in [0, 0.1) is 5.82 Å². The van der Waals surface area contributed by atoms with E-state index in [-0.39, 0.29) is 30.3 Å². The molecule has 1 unspecified atom stereocenters. The van der Waals surface area contributed by atoms with Gasteiger partial charge in [0.05, 0.1) is 5.69 Å². The largest absolute Gasteiger partial charge is 0.375 e. The normalized spacial score (nSPS) is 15.8. The van der Waals surface area contributed by atoms with E-state index in [4.69, 9.17) is 4.74 Å². The van der Waals surface area contributed by atoms with Gasteiger partial charge in [0.25, 0.3) is 5.91 Å². The number of nitrogens with zero attached hydrogens (tertiary/aromatic N) is 4. The lowest BCUT2D eigenvalue weighted by atomic mass is 10.1. The lowest BCUT2D eigenvalue weighted by Gasteiger charge is -2.39. The molecule has 0 aliphatic carbocycles. The van der Waals surface area contributed by atoms with Crippen molar-refractivity contribution >= 4 is 23.6 Å². The van der Waals surface area contributed by atoms with E-state index in [9.17, 15) is 14.0 Å². The monoisotopic (exact) mass is 494 g/mol. The molecular weight excluding hydrogens is 467 g/mol. The van der Waals surface area contributed by atoms with Gasteiger partial charge < -0.3 is 14.5 Å². The van der Waals surface area contributed by atoms with Crippen molar-refractivity contribution in [1.29, 1.82) is 0 Å². The van der Waals surface area contributed by atoms with Gasteiger partial charge in [-0.25, -0.2) is 4.39 Å². The van der Waals surface area contributed by atoms with Gasteiger partial charge in [0, 0.05) is 49.7 Å². The number of aromatic nitrogens is 2. The highest BCUT2D eigenvalue weighted by atomic mass is 32.2. The molecule has 2 heterocycles. The van der Waals surface area contributed by atoms with E-state index in [1.807, 2.05) is 43.3 Å². The van der Waals surface area contributed by atoms with Crippen molar-refractivity contribution in [3.63, 3.8) is 0 Å². The van der Waals surface area contributed by atoms with Crippen LogP contribution in [0.3, 0.4) is 0 Å². The number of methoxy groups -OCH3 is 1. The summed E-state index contributed by atoms with van der Waals surface area (Å²) in [5.74, 6) is 0.260. The number of benzene rings is 2. The van der Waals surface area contributed by atoms with E-state index in [0.717, 1.165) is 16.2 Å². The molecule has 1 aliphatic rings. The van der Waals surface area contributed by atoms with Gasteiger partial charge in [0.15, 0.2) is 0 Å². The first-order chi connectivity index (χ1) is 16.9. The van der Waals surface area contributed by atoms with Crippen molar-refractivity contribution in [3.8, 4) is 11.3 Å². The van der Waals surface area contributed by atoms with E-state index >= 15 is 0 Å². The van der Waals surface area contributed by atoms with Crippen LogP contribution in [-0.2, 0) is 15.3 Å². The second kappa shape index (κ2) is 11.4. The van der Waals surface area contributed by atoms with Crippen molar-refractivity contribution in [2.75, 3.05) is 33.4 Å². The molecule has 0 radical (unpaired) electrons. The van der Waals surface area contributed by atoms with Gasteiger partial charge in [-0.3, -0.25) is 9.59 Å². The lowest BCUT2D eigenvalue weighted by Crippen LogP contribution is -2.56. The number of halogens is 1. The fraction of sp³-hybridized carbons (Fsp3) is 0.308. The Balaban J connectivity index is 1.35. The zero-order valence-corrected chi connectivity index (χ0v) is 20.5. The Morgan fingerprint density at radius 1 is 1.09 bits per heavy atom. The molecule has 1 aliphatic heterocycles. The zero-order valence-electron chi connectivity index (χ0n) is 19.7. The summed E-state index contributed by atoms with van der Waals surface area (Å²) in [7, 11) is 1.50. The first-order valence-corrected chi connectivity index (χ1v) is 12.3. The molecule has 182 valence electrons. The van der Waals surface area contributed by atoms with Crippen LogP contribution in [-0.4, -0.2) is 71.2 Å². The van der Waals surface area contributed by atoms with Gasteiger partial charge >= 0.3 is 0 Å². The number of carbonyl (C=O) groups is 2. The third-order valence-electron chi connectivity index (χ3n) is 5.84. The Labute approximate surface area is 208 Å². The minimum absolute atomic E-state index is 0.0361. The second-order valence-corrected chi connectivity index (χ2v) is 9.37. The van der Waals surface area contributed by atoms with Gasteiger partial charge in [-0.15, -0.1) is 10.2 Å². The Morgan fingerprint density at radius 2 is 1.89 bits per heavy atom. The minimum atomic E-state index is -0.288. The predicted octanol–water partition coefficient (Wildman–Crippen LogP) is 3.89. The molecular formula is C26H27FN4O3S. The number of hydrogen-bond acceptors (Lipinski definition) is 6. The van der Waals surface area contributed by atoms with E-state index in [2.05, 4.69) is 10.2 Å². The molecule has 1 saturated heterocycles. The zero-order chi connectivity index (χ0) is 24.8. The summed E-state index contributed by atoms with van der Waals surface area (Å²) in [6.07, 6.45) is 0. The molecule has 9 heteroatoms. The van der Waals surface area contributed by atoms with Crippen LogP contribution in [0.2, 0.25) is 0 Å². The molecule has 0 bridgehead atoms. The van der Waals surface area contributed by atoms with Gasteiger partial charge in [-0.1, -0.05) is 23.9 Å². The maximum absolute atomic E-state index is 13.1. The summed E-state index contributed by atoms with van der Waals surface area (Å²) < 4.78 is 18.1. The second-order valence-electron chi connectivity index (χ2n) is 8.37. The van der Waals surface area contributed by atoms with E-state index in [1.165, 1.54) is 31.0 Å². The predicted molar refractivity (Wildman–Crippen MR) is 132 cm³/mol. The quantitative estimate of drug-likeness (QED) is 0.464. The van der Waals surface area contributed by atoms with E-state index in [0.29, 0.717) is 36.6 Å². The molecule has 7 nitrogen and oxygen atoms in total. The summed E-state index contributed by atoms with van der Waals surface area (Å²) in [5, 5.41) is 9.28. The van der Waals surface area contributed by atoms with Crippen LogP contribution in [0.15, 0.2) is 65.7 Å². The van der Waals surface area contributed by atoms with Gasteiger partial charge in [0.2, 0.25) is 5.91 Å². The van der Waals surface area contributed by atoms with Gasteiger partial charge in [-0.2, -0.15) is 0 Å². The first kappa shape index (κ1) is 24.8. The highest BCUT2D eigenvalue weighted by molar-refractivity contribution is 7.98. The lowest BCUT2D eigenvalue weighted by molar-refractivity contribution is -0.139. The number of hydrogen-bond donors (Lipinski definition) is 0. The number of amides is 2. The third-order valence-corrected chi connectivity index (χ3v) is 6.83. The Morgan fingerprint density at radius 3 is 2.57 bits per heavy atom. The molecule has 0 spiro atoms. The smallest absolute Gasteiger partial charge is 0.253 e. The summed E-state index contributed by atoms with van der Waals surface area (Å²) >= 11 is 1.53. The number of ether oxygens (including phenoxy) is 1. The van der Waals surface area contributed by atoms with Crippen molar-refractivity contribution in [2.24, 2.45) is 0 Å². The van der Waals surface area contributed by atoms with E-state index in [1.54, 1.807) is 21.9 Å². The number of piperazine rings is 1. The third kappa shape index (κ3) is 6.23. The minimum Gasteiger partial charge on any atom is -0.375 e. The van der Waals surface area contributed by atoms with Crippen molar-refractivity contribution < 1.29 is 18.7 Å². The van der Waals surface area contributed by atoms with Crippen LogP contribution < -0.4 is 0 Å². The average molecular weight is 495 g/mol. The summed E-state index contributed by atoms with van der Waals surface area (Å²) in [6, 6.07) is 17.4. The summed E-state index contributed by atoms with van der Waals surface area (Å²) in [5.41, 5.74) is 3.12. The average Bonchev–Trinajstić information content (AvgIpc) is 2.88. The van der Waals surface area contributed by atoms with Gasteiger partial charge in [0.1, 0.15) is 17.5 Å². The highest BCUT2D eigenvalue weighted by Gasteiger charge is 2.30. The molecule has 1 fully saturated rings. The Bertz CT molecular complexity index is 1170. The summed E-state index contributed by atoms with van der Waals surface area (Å²) in [4.78, 5) is 28.8. The number of carbonyl (C=O) groups excluding carboxylic acids is 2. The molecule has 1 aromatic heterocycles. The Hall–Kier alpha value is -3.30. The van der Waals surface area contributed by atoms with Crippen molar-refractivity contribution in [1.82, 2.24) is 20.0 Å². The molecule has 2 aromatic carbocycles. The molecule has 2 amide bonds. The van der Waals surface area contributed by atoms with Crippen LogP contribution in [0.4, 0.5) is 4.39 Å². The maximum atomic E-state index is 13.1. The van der Waals surface area contributed by atoms with Crippen LogP contribution in [0.25, 0.3) is 11.3 Å². The summed E-state index contributed by atoms with van der Waals surface area (Å²) in [6.45, 7) is 3.48. The molecule has 1 atom stereocenters. The van der Waals surface area contributed by atoms with Crippen molar-refractivity contribution in [3.05, 3.63) is 77.6 Å². The fourth-order valence-electron chi connectivity index (χ4n) is 4.02. The molecule has 3 aromatic rings. The van der Waals surface area contributed by atoms with Crippen molar-refractivity contribution in [2.45, 2.75) is 23.7 Å². The topological polar surface area (TPSA) is 75.6 Å². The molecule has 35 heavy (non-hydrogen) atoms. The first-order valence-electron chi connectivity index (χ1n) is 11.3. The maximum Gasteiger partial charge on any atom is 0.253 e. The number of rotatable bonds is 7. The SMILES string of the molecule is COCC(=O)N1CCN(C(=O)c2cccc(CSc3ccc(-c4ccc(F)cc4)nn3)c2)CC1C. The van der Waals surface area contributed by atoms with Gasteiger partial charge in [-0.05, 0) is 61.0 Å². The number of thioether (sulfide) groups is 1. The van der Waals surface area contributed by atoms with Crippen LogP contribution in [0.1, 0.15) is 22.8 Å². The molecule has 0 saturated carbocycles. The standard InChI is InChI=1S/C26H27FN4O3S/c1-18-15-30(12-13-31(18)25(32)16-34-2)26(33)21-5-3-4-19(14-21)17-35-24-11-10-23(28-29-24)20-6-8-22(27)9-7-20/h3-11,14,18H,12-13,15-17H2,1-2H3. The molecule has 0 N–H and O–H groups in total. The van der Waals surface area contributed by atoms with Crippen LogP contribution >= 0.6 is 11.8 Å². The molecule has 4 rings (SSSR count).